The third kappa shape index (κ3) is 2.64. The summed E-state index contributed by atoms with van der Waals surface area (Å²) < 4.78 is 0. The molecule has 1 fully saturated rings. The van der Waals surface area contributed by atoms with E-state index < -0.39 is 0 Å². The molecule has 0 bridgehead atoms. The molecular weight excluding hydrogens is 210 g/mol. The van der Waals surface area contributed by atoms with E-state index in [2.05, 4.69) is 29.2 Å². The molecule has 2 atom stereocenters. The van der Waals surface area contributed by atoms with Gasteiger partial charge in [0.2, 0.25) is 0 Å². The fraction of sp³-hybridized carbons (Fsp3) is 0.429. The zero-order valence-electron chi connectivity index (χ0n) is 9.71. The van der Waals surface area contributed by atoms with Crippen LogP contribution in [-0.4, -0.2) is 17.0 Å². The van der Waals surface area contributed by atoms with Crippen molar-refractivity contribution in [1.29, 1.82) is 10.5 Å². The van der Waals surface area contributed by atoms with Crippen molar-refractivity contribution in [2.75, 3.05) is 0 Å². The van der Waals surface area contributed by atoms with Crippen molar-refractivity contribution in [2.24, 2.45) is 0 Å². The standard InChI is InChI=1S/C14H15N3/c15-8-6-13-10-14(7-9-16)17(13)11-12-4-2-1-3-5-12/h1-5,13-14H,6-7,10-11H2/t13-,14+. The highest BCUT2D eigenvalue weighted by Crippen LogP contribution is 2.31. The molecular formula is C14H15N3. The second kappa shape index (κ2) is 5.48. The molecule has 17 heavy (non-hydrogen) atoms. The Balaban J connectivity index is 2.00. The van der Waals surface area contributed by atoms with Gasteiger partial charge in [0.05, 0.1) is 25.0 Å². The van der Waals surface area contributed by atoms with Gasteiger partial charge in [-0.15, -0.1) is 0 Å². The van der Waals surface area contributed by atoms with E-state index in [0.717, 1.165) is 13.0 Å². The van der Waals surface area contributed by atoms with E-state index in [1.54, 1.807) is 0 Å². The van der Waals surface area contributed by atoms with Crippen LogP contribution in [0.2, 0.25) is 0 Å². The second-order valence-corrected chi connectivity index (χ2v) is 4.43. The number of hydrogen-bond acceptors (Lipinski definition) is 3. The number of hydrogen-bond donors (Lipinski definition) is 0. The Kier molecular flexibility index (Phi) is 3.75. The van der Waals surface area contributed by atoms with Crippen LogP contribution in [0.3, 0.4) is 0 Å². The van der Waals surface area contributed by atoms with Gasteiger partial charge in [0.15, 0.2) is 0 Å². The van der Waals surface area contributed by atoms with Crippen LogP contribution in [0, 0.1) is 22.7 Å². The maximum absolute atomic E-state index is 8.76. The summed E-state index contributed by atoms with van der Waals surface area (Å²) in [5, 5.41) is 17.5. The summed E-state index contributed by atoms with van der Waals surface area (Å²) in [5.41, 5.74) is 1.25. The molecule has 0 saturated carbocycles. The van der Waals surface area contributed by atoms with E-state index in [4.69, 9.17) is 10.5 Å². The molecule has 1 heterocycles. The number of likely N-dealkylation sites (tertiary alicyclic amines) is 1. The molecule has 0 spiro atoms. The van der Waals surface area contributed by atoms with Crippen molar-refractivity contribution in [2.45, 2.75) is 37.9 Å². The van der Waals surface area contributed by atoms with Crippen LogP contribution < -0.4 is 0 Å². The Hall–Kier alpha value is -1.84. The molecule has 1 saturated heterocycles. The average Bonchev–Trinajstić information content (AvgIpc) is 2.36. The van der Waals surface area contributed by atoms with Crippen LogP contribution >= 0.6 is 0 Å². The van der Waals surface area contributed by atoms with Crippen molar-refractivity contribution < 1.29 is 0 Å². The van der Waals surface area contributed by atoms with Crippen molar-refractivity contribution >= 4 is 0 Å². The first-order valence-electron chi connectivity index (χ1n) is 5.88. The van der Waals surface area contributed by atoms with Gasteiger partial charge in [-0.05, 0) is 12.0 Å². The molecule has 0 amide bonds. The third-order valence-electron chi connectivity index (χ3n) is 3.34. The topological polar surface area (TPSA) is 50.8 Å². The van der Waals surface area contributed by atoms with Crippen LogP contribution in [0.1, 0.15) is 24.8 Å². The maximum Gasteiger partial charge on any atom is 0.0638 e. The van der Waals surface area contributed by atoms with Crippen LogP contribution in [0.5, 0.6) is 0 Å². The fourth-order valence-corrected chi connectivity index (χ4v) is 2.41. The molecule has 86 valence electrons. The molecule has 0 radical (unpaired) electrons. The molecule has 3 nitrogen and oxygen atoms in total. The van der Waals surface area contributed by atoms with E-state index in [1.165, 1.54) is 5.56 Å². The predicted molar refractivity (Wildman–Crippen MR) is 64.6 cm³/mol. The summed E-state index contributed by atoms with van der Waals surface area (Å²) in [7, 11) is 0. The minimum absolute atomic E-state index is 0.332. The van der Waals surface area contributed by atoms with Crippen LogP contribution in [0.15, 0.2) is 30.3 Å². The Morgan fingerprint density at radius 3 is 2.18 bits per heavy atom. The van der Waals surface area contributed by atoms with E-state index in [-0.39, 0.29) is 0 Å². The molecule has 2 rings (SSSR count). The van der Waals surface area contributed by atoms with Gasteiger partial charge >= 0.3 is 0 Å². The van der Waals surface area contributed by atoms with Gasteiger partial charge in [-0.1, -0.05) is 30.3 Å². The smallest absolute Gasteiger partial charge is 0.0638 e. The molecule has 0 N–H and O–H groups in total. The first kappa shape index (κ1) is 11.6. The van der Waals surface area contributed by atoms with Gasteiger partial charge < -0.3 is 0 Å². The van der Waals surface area contributed by atoms with Gasteiger partial charge in [0.25, 0.3) is 0 Å². The number of nitrogens with zero attached hydrogens (tertiary/aromatic N) is 3. The largest absolute Gasteiger partial charge is 0.291 e. The zero-order valence-corrected chi connectivity index (χ0v) is 9.71. The van der Waals surface area contributed by atoms with Crippen molar-refractivity contribution in [3.05, 3.63) is 35.9 Å². The molecule has 1 aromatic carbocycles. The third-order valence-corrected chi connectivity index (χ3v) is 3.34. The normalized spacial score (nSPS) is 23.4. The molecule has 0 aliphatic carbocycles. The highest BCUT2D eigenvalue weighted by Gasteiger charge is 2.37. The number of benzene rings is 1. The fourth-order valence-electron chi connectivity index (χ4n) is 2.41. The Bertz CT molecular complexity index is 419. The van der Waals surface area contributed by atoms with Crippen LogP contribution in [0.25, 0.3) is 0 Å². The Morgan fingerprint density at radius 1 is 1.06 bits per heavy atom. The van der Waals surface area contributed by atoms with E-state index in [9.17, 15) is 0 Å². The van der Waals surface area contributed by atoms with Crippen molar-refractivity contribution in [3.63, 3.8) is 0 Å². The highest BCUT2D eigenvalue weighted by molar-refractivity contribution is 5.16. The second-order valence-electron chi connectivity index (χ2n) is 4.43. The molecule has 3 heteroatoms. The highest BCUT2D eigenvalue weighted by atomic mass is 15.2. The molecule has 0 aromatic heterocycles. The van der Waals surface area contributed by atoms with Gasteiger partial charge in [-0.2, -0.15) is 10.5 Å². The lowest BCUT2D eigenvalue weighted by molar-refractivity contribution is 0.0123. The summed E-state index contributed by atoms with van der Waals surface area (Å²) in [6.45, 7) is 0.847. The summed E-state index contributed by atoms with van der Waals surface area (Å²) in [4.78, 5) is 2.28. The van der Waals surface area contributed by atoms with Crippen LogP contribution in [0.4, 0.5) is 0 Å². The van der Waals surface area contributed by atoms with E-state index in [1.807, 2.05) is 18.2 Å². The van der Waals surface area contributed by atoms with Gasteiger partial charge in [0, 0.05) is 18.6 Å². The first-order chi connectivity index (χ1) is 8.35. The van der Waals surface area contributed by atoms with Crippen molar-refractivity contribution in [3.8, 4) is 12.1 Å². The van der Waals surface area contributed by atoms with E-state index in [0.29, 0.717) is 24.9 Å². The lowest BCUT2D eigenvalue weighted by Gasteiger charge is -2.47. The monoisotopic (exact) mass is 225 g/mol. The summed E-state index contributed by atoms with van der Waals surface area (Å²) in [6.07, 6.45) is 2.11. The summed E-state index contributed by atoms with van der Waals surface area (Å²) in [6, 6.07) is 15.3. The van der Waals surface area contributed by atoms with Crippen LogP contribution in [-0.2, 0) is 6.54 Å². The van der Waals surface area contributed by atoms with E-state index >= 15 is 0 Å². The predicted octanol–water partition coefficient (Wildman–Crippen LogP) is 2.46. The Labute approximate surface area is 102 Å². The summed E-state index contributed by atoms with van der Waals surface area (Å²) in [5.74, 6) is 0. The molecule has 1 aromatic rings. The quantitative estimate of drug-likeness (QED) is 0.790. The van der Waals surface area contributed by atoms with Gasteiger partial charge in [-0.25, -0.2) is 0 Å². The lowest BCUT2D eigenvalue weighted by atomic mass is 9.88. The number of nitriles is 2. The summed E-state index contributed by atoms with van der Waals surface area (Å²) >= 11 is 0. The van der Waals surface area contributed by atoms with Crippen molar-refractivity contribution in [1.82, 2.24) is 4.90 Å². The lowest BCUT2D eigenvalue weighted by Crippen LogP contribution is -2.54. The minimum atomic E-state index is 0.332. The molecule has 1 aliphatic rings. The SMILES string of the molecule is N#CC[C@@H]1C[C@H](CC#N)N1Cc1ccccc1. The number of rotatable bonds is 4. The van der Waals surface area contributed by atoms with Gasteiger partial charge in [0.1, 0.15) is 0 Å². The first-order valence-corrected chi connectivity index (χ1v) is 5.88. The average molecular weight is 225 g/mol. The zero-order chi connectivity index (χ0) is 12.1. The van der Waals surface area contributed by atoms with Gasteiger partial charge in [-0.3, -0.25) is 4.90 Å². The molecule has 0 unspecified atom stereocenters. The minimum Gasteiger partial charge on any atom is -0.291 e. The Morgan fingerprint density at radius 2 is 1.65 bits per heavy atom. The maximum atomic E-state index is 8.76. The molecule has 1 aliphatic heterocycles.